The lowest BCUT2D eigenvalue weighted by Crippen LogP contribution is -2.20. The minimum atomic E-state index is -0.443. The molecule has 1 unspecified atom stereocenters. The average Bonchev–Trinajstić information content (AvgIpc) is 2.41. The van der Waals surface area contributed by atoms with Crippen molar-refractivity contribution in [2.24, 2.45) is 0 Å². The van der Waals surface area contributed by atoms with Crippen molar-refractivity contribution >= 4 is 5.69 Å². The third-order valence-corrected chi connectivity index (χ3v) is 2.72. The Kier molecular flexibility index (Phi) is 4.07. The van der Waals surface area contributed by atoms with Crippen molar-refractivity contribution in [3.05, 3.63) is 76.1 Å². The van der Waals surface area contributed by atoms with Gasteiger partial charge in [-0.25, -0.2) is 4.39 Å². The Hall–Kier alpha value is -2.43. The predicted octanol–water partition coefficient (Wildman–Crippen LogP) is 3.26. The molecule has 2 rings (SSSR count). The van der Waals surface area contributed by atoms with Crippen LogP contribution >= 0.6 is 0 Å². The topological polar surface area (TPSA) is 55.2 Å². The summed E-state index contributed by atoms with van der Waals surface area (Å²) in [6, 6.07) is 14.5. The summed E-state index contributed by atoms with van der Waals surface area (Å²) >= 11 is 0. The zero-order chi connectivity index (χ0) is 13.7. The summed E-state index contributed by atoms with van der Waals surface area (Å²) in [5.74, 6) is -0.337. The van der Waals surface area contributed by atoms with E-state index in [0.29, 0.717) is 5.69 Å². The summed E-state index contributed by atoms with van der Waals surface area (Å²) < 4.78 is 12.8. The molecule has 0 aromatic heterocycles. The molecule has 0 aliphatic rings. The van der Waals surface area contributed by atoms with Crippen LogP contribution in [0.1, 0.15) is 11.6 Å². The Morgan fingerprint density at radius 3 is 2.32 bits per heavy atom. The van der Waals surface area contributed by atoms with Gasteiger partial charge in [-0.05, 0) is 29.8 Å². The first kappa shape index (κ1) is 13.0. The summed E-state index contributed by atoms with van der Waals surface area (Å²) in [5.41, 5.74) is 1.47. The lowest BCUT2D eigenvalue weighted by molar-refractivity contribution is -0.482. The highest BCUT2D eigenvalue weighted by Gasteiger charge is 2.17. The highest BCUT2D eigenvalue weighted by atomic mass is 19.1. The van der Waals surface area contributed by atoms with Crippen molar-refractivity contribution in [2.75, 3.05) is 11.9 Å². The maximum absolute atomic E-state index is 12.8. The second kappa shape index (κ2) is 5.95. The first-order chi connectivity index (χ1) is 9.15. The van der Waals surface area contributed by atoms with Gasteiger partial charge >= 0.3 is 0 Å². The fourth-order valence-corrected chi connectivity index (χ4v) is 1.82. The molecule has 0 radical (unpaired) electrons. The van der Waals surface area contributed by atoms with Crippen LogP contribution in [0, 0.1) is 15.9 Å². The molecule has 5 heteroatoms. The number of hydrogen-bond acceptors (Lipinski definition) is 3. The van der Waals surface area contributed by atoms with Crippen LogP contribution in [0.5, 0.6) is 0 Å². The maximum atomic E-state index is 12.8. The van der Waals surface area contributed by atoms with E-state index in [1.807, 2.05) is 30.3 Å². The number of anilines is 1. The Labute approximate surface area is 110 Å². The molecule has 0 aliphatic carbocycles. The van der Waals surface area contributed by atoms with Gasteiger partial charge in [-0.3, -0.25) is 10.1 Å². The molecule has 19 heavy (non-hydrogen) atoms. The maximum Gasteiger partial charge on any atom is 0.227 e. The van der Waals surface area contributed by atoms with Crippen LogP contribution in [-0.4, -0.2) is 11.5 Å². The van der Waals surface area contributed by atoms with Gasteiger partial charge in [0.15, 0.2) is 0 Å². The monoisotopic (exact) mass is 260 g/mol. The minimum Gasteiger partial charge on any atom is -0.372 e. The van der Waals surface area contributed by atoms with E-state index in [1.54, 1.807) is 12.1 Å². The van der Waals surface area contributed by atoms with Gasteiger partial charge in [-0.1, -0.05) is 30.3 Å². The molecule has 0 aliphatic heterocycles. The van der Waals surface area contributed by atoms with Gasteiger partial charge in [-0.2, -0.15) is 0 Å². The summed E-state index contributed by atoms with van der Waals surface area (Å²) in [6.45, 7) is -0.235. The molecule has 1 N–H and O–H groups in total. The molecule has 0 fully saturated rings. The van der Waals surface area contributed by atoms with E-state index in [0.717, 1.165) is 5.56 Å². The Morgan fingerprint density at radius 1 is 1.11 bits per heavy atom. The van der Waals surface area contributed by atoms with E-state index in [1.165, 1.54) is 12.1 Å². The molecule has 0 amide bonds. The van der Waals surface area contributed by atoms with Gasteiger partial charge < -0.3 is 5.32 Å². The van der Waals surface area contributed by atoms with E-state index >= 15 is 0 Å². The lowest BCUT2D eigenvalue weighted by Gasteiger charge is -2.16. The second-order valence-electron chi connectivity index (χ2n) is 4.13. The number of nitro groups is 1. The first-order valence-electron chi connectivity index (χ1n) is 5.84. The number of hydrogen-bond donors (Lipinski definition) is 1. The zero-order valence-corrected chi connectivity index (χ0v) is 10.1. The smallest absolute Gasteiger partial charge is 0.227 e. The SMILES string of the molecule is O=[N+]([O-])CC(Nc1ccc(F)cc1)c1ccccc1. The van der Waals surface area contributed by atoms with Crippen molar-refractivity contribution in [1.29, 1.82) is 0 Å². The highest BCUT2D eigenvalue weighted by molar-refractivity contribution is 5.45. The van der Waals surface area contributed by atoms with Gasteiger partial charge in [0, 0.05) is 10.6 Å². The van der Waals surface area contributed by atoms with Gasteiger partial charge in [0.05, 0.1) is 0 Å². The van der Waals surface area contributed by atoms with Crippen molar-refractivity contribution in [3.63, 3.8) is 0 Å². The van der Waals surface area contributed by atoms with Gasteiger partial charge in [0.25, 0.3) is 0 Å². The standard InChI is InChI=1S/C14H13FN2O2/c15-12-6-8-13(9-7-12)16-14(10-17(18)19)11-4-2-1-3-5-11/h1-9,14,16H,10H2. The molecule has 2 aromatic rings. The van der Waals surface area contributed by atoms with Gasteiger partial charge in [-0.15, -0.1) is 0 Å². The van der Waals surface area contributed by atoms with Gasteiger partial charge in [0.1, 0.15) is 11.9 Å². The van der Waals surface area contributed by atoms with Crippen molar-refractivity contribution in [2.45, 2.75) is 6.04 Å². The van der Waals surface area contributed by atoms with E-state index in [9.17, 15) is 14.5 Å². The molecule has 0 saturated carbocycles. The van der Waals surface area contributed by atoms with Crippen LogP contribution < -0.4 is 5.32 Å². The molecule has 2 aromatic carbocycles. The highest BCUT2D eigenvalue weighted by Crippen LogP contribution is 2.20. The molecule has 0 heterocycles. The molecule has 98 valence electrons. The van der Waals surface area contributed by atoms with E-state index < -0.39 is 6.04 Å². The molecule has 4 nitrogen and oxygen atoms in total. The van der Waals surface area contributed by atoms with Crippen molar-refractivity contribution < 1.29 is 9.31 Å². The molecule has 1 atom stereocenters. The first-order valence-corrected chi connectivity index (χ1v) is 5.84. The molecular weight excluding hydrogens is 247 g/mol. The fraction of sp³-hybridized carbons (Fsp3) is 0.143. The molecule has 0 bridgehead atoms. The Bertz CT molecular complexity index is 543. The summed E-state index contributed by atoms with van der Waals surface area (Å²) in [7, 11) is 0. The average molecular weight is 260 g/mol. The minimum absolute atomic E-state index is 0.235. The van der Waals surface area contributed by atoms with Crippen LogP contribution in [0.3, 0.4) is 0 Å². The van der Waals surface area contributed by atoms with E-state index in [2.05, 4.69) is 5.32 Å². The van der Waals surface area contributed by atoms with Crippen molar-refractivity contribution in [3.8, 4) is 0 Å². The third-order valence-electron chi connectivity index (χ3n) is 2.72. The lowest BCUT2D eigenvalue weighted by atomic mass is 10.1. The normalized spacial score (nSPS) is 11.8. The van der Waals surface area contributed by atoms with Gasteiger partial charge in [0.2, 0.25) is 6.54 Å². The Morgan fingerprint density at radius 2 is 1.74 bits per heavy atom. The second-order valence-corrected chi connectivity index (χ2v) is 4.13. The van der Waals surface area contributed by atoms with Crippen LogP contribution in [0.25, 0.3) is 0 Å². The molecular formula is C14H13FN2O2. The summed E-state index contributed by atoms with van der Waals surface area (Å²) in [4.78, 5) is 10.4. The van der Waals surface area contributed by atoms with Crippen molar-refractivity contribution in [1.82, 2.24) is 0 Å². The van der Waals surface area contributed by atoms with E-state index in [4.69, 9.17) is 0 Å². The number of rotatable bonds is 5. The third kappa shape index (κ3) is 3.77. The van der Waals surface area contributed by atoms with Crippen LogP contribution in [-0.2, 0) is 0 Å². The zero-order valence-electron chi connectivity index (χ0n) is 10.1. The number of nitrogens with zero attached hydrogens (tertiary/aromatic N) is 1. The summed E-state index contributed by atoms with van der Waals surface area (Å²) in [6.07, 6.45) is 0. The largest absolute Gasteiger partial charge is 0.372 e. The van der Waals surface area contributed by atoms with Crippen LogP contribution in [0.15, 0.2) is 54.6 Å². The molecule has 0 saturated heterocycles. The quantitative estimate of drug-likeness (QED) is 0.663. The predicted molar refractivity (Wildman–Crippen MR) is 71.1 cm³/mol. The van der Waals surface area contributed by atoms with Crippen LogP contribution in [0.2, 0.25) is 0 Å². The molecule has 0 spiro atoms. The number of benzene rings is 2. The van der Waals surface area contributed by atoms with E-state index in [-0.39, 0.29) is 17.3 Å². The van der Waals surface area contributed by atoms with Crippen LogP contribution in [0.4, 0.5) is 10.1 Å². The Balaban J connectivity index is 2.19. The fourth-order valence-electron chi connectivity index (χ4n) is 1.82. The number of nitrogens with one attached hydrogen (secondary N) is 1. The number of halogens is 1. The summed E-state index contributed by atoms with van der Waals surface area (Å²) in [5, 5.41) is 13.8.